The van der Waals surface area contributed by atoms with Crippen molar-refractivity contribution in [2.75, 3.05) is 20.3 Å². The van der Waals surface area contributed by atoms with Gasteiger partial charge in [0.05, 0.1) is 26.0 Å². The number of likely N-dealkylation sites (N-methyl/N-ethyl adjacent to an activating group) is 1. The summed E-state index contributed by atoms with van der Waals surface area (Å²) in [4.78, 5) is 14.1. The van der Waals surface area contributed by atoms with Gasteiger partial charge in [0.15, 0.2) is 12.0 Å². The third-order valence-corrected chi connectivity index (χ3v) is 4.77. The number of aromatic nitrogens is 3. The molecule has 2 fully saturated rings. The van der Waals surface area contributed by atoms with E-state index in [9.17, 15) is 4.79 Å². The van der Waals surface area contributed by atoms with Crippen LogP contribution in [-0.2, 0) is 16.0 Å². The molecule has 1 amide bonds. The highest BCUT2D eigenvalue weighted by Gasteiger charge is 2.46. The molecule has 134 valence electrons. The van der Waals surface area contributed by atoms with E-state index in [-0.39, 0.29) is 23.3 Å². The summed E-state index contributed by atoms with van der Waals surface area (Å²) in [5, 5.41) is 7.99. The molecule has 1 aromatic rings. The molecule has 0 atom stereocenters. The monoisotopic (exact) mass is 344 g/mol. The summed E-state index contributed by atoms with van der Waals surface area (Å²) in [6.07, 6.45) is 6.92. The standard InChI is InChI=1S/C18H24N4O3/c1-5-13(3)15(6-2)21(4)17(23)14-9-22(20-19-14)10-16-24-11-18(7-8-18)12-25-16/h5-6,9,16H,1-2,7-8,10-12H2,3-4H3/b15-13+. The fraction of sp³-hybridized carbons (Fsp3) is 0.500. The lowest BCUT2D eigenvalue weighted by Gasteiger charge is -2.29. The predicted molar refractivity (Wildman–Crippen MR) is 92.6 cm³/mol. The van der Waals surface area contributed by atoms with Crippen LogP contribution in [0.15, 0.2) is 42.8 Å². The largest absolute Gasteiger partial charge is 0.350 e. The first-order chi connectivity index (χ1) is 12.0. The SMILES string of the molecule is C=C/C(C)=C(\C=C)N(C)C(=O)c1cn(CC2OCC3(CC3)CO2)nn1. The van der Waals surface area contributed by atoms with Crippen molar-refractivity contribution in [3.63, 3.8) is 0 Å². The van der Waals surface area contributed by atoms with Crippen molar-refractivity contribution in [2.45, 2.75) is 32.6 Å². The molecule has 1 saturated heterocycles. The third-order valence-electron chi connectivity index (χ3n) is 4.77. The quantitative estimate of drug-likeness (QED) is 0.740. The number of hydrogen-bond acceptors (Lipinski definition) is 5. The molecule has 1 aliphatic heterocycles. The topological polar surface area (TPSA) is 69.5 Å². The minimum atomic E-state index is -0.347. The maximum atomic E-state index is 12.6. The van der Waals surface area contributed by atoms with Crippen LogP contribution in [-0.4, -0.2) is 52.4 Å². The Kier molecular flexibility index (Phi) is 4.87. The summed E-state index contributed by atoms with van der Waals surface area (Å²) in [5.74, 6) is -0.259. The maximum Gasteiger partial charge on any atom is 0.280 e. The summed E-state index contributed by atoms with van der Waals surface area (Å²) in [6.45, 7) is 11.2. The molecule has 1 aromatic heterocycles. The zero-order chi connectivity index (χ0) is 18.0. The average Bonchev–Trinajstić information content (AvgIpc) is 3.22. The van der Waals surface area contributed by atoms with Crippen molar-refractivity contribution < 1.29 is 14.3 Å². The van der Waals surface area contributed by atoms with Gasteiger partial charge >= 0.3 is 0 Å². The van der Waals surface area contributed by atoms with E-state index < -0.39 is 0 Å². The fourth-order valence-electron chi connectivity index (χ4n) is 2.79. The van der Waals surface area contributed by atoms with Gasteiger partial charge in [0.25, 0.3) is 5.91 Å². The van der Waals surface area contributed by atoms with E-state index in [1.54, 1.807) is 30.1 Å². The molecule has 7 heteroatoms. The molecule has 0 bridgehead atoms. The fourth-order valence-corrected chi connectivity index (χ4v) is 2.79. The average molecular weight is 344 g/mol. The number of carbonyl (C=O) groups is 1. The third kappa shape index (κ3) is 3.72. The number of nitrogens with zero attached hydrogens (tertiary/aromatic N) is 4. The van der Waals surface area contributed by atoms with Gasteiger partial charge < -0.3 is 14.4 Å². The van der Waals surface area contributed by atoms with Crippen molar-refractivity contribution in [1.82, 2.24) is 19.9 Å². The van der Waals surface area contributed by atoms with Gasteiger partial charge in [-0.25, -0.2) is 4.68 Å². The zero-order valence-electron chi connectivity index (χ0n) is 14.8. The highest BCUT2D eigenvalue weighted by molar-refractivity contribution is 5.93. The van der Waals surface area contributed by atoms with Gasteiger partial charge in [0.1, 0.15) is 0 Å². The van der Waals surface area contributed by atoms with Crippen molar-refractivity contribution >= 4 is 5.91 Å². The van der Waals surface area contributed by atoms with Gasteiger partial charge in [-0.1, -0.05) is 24.4 Å². The molecule has 1 aliphatic carbocycles. The van der Waals surface area contributed by atoms with Crippen LogP contribution in [0.25, 0.3) is 0 Å². The summed E-state index contributed by atoms with van der Waals surface area (Å²) in [7, 11) is 1.67. The van der Waals surface area contributed by atoms with E-state index in [0.717, 1.165) is 18.8 Å². The molecule has 2 heterocycles. The Bertz CT molecular complexity index is 708. The minimum absolute atomic E-state index is 0.258. The van der Waals surface area contributed by atoms with Gasteiger partial charge in [0, 0.05) is 18.2 Å². The minimum Gasteiger partial charge on any atom is -0.350 e. The van der Waals surface area contributed by atoms with Crippen LogP contribution in [0.3, 0.4) is 0 Å². The summed E-state index contributed by atoms with van der Waals surface area (Å²) >= 11 is 0. The van der Waals surface area contributed by atoms with Gasteiger partial charge in [-0.3, -0.25) is 4.79 Å². The van der Waals surface area contributed by atoms with E-state index in [0.29, 0.717) is 12.2 Å². The molecule has 1 saturated carbocycles. The van der Waals surface area contributed by atoms with Gasteiger partial charge in [-0.15, -0.1) is 5.10 Å². The summed E-state index contributed by atoms with van der Waals surface area (Å²) < 4.78 is 13.1. The van der Waals surface area contributed by atoms with Crippen LogP contribution in [0.4, 0.5) is 0 Å². The molecular formula is C18H24N4O3. The van der Waals surface area contributed by atoms with Crippen LogP contribution >= 0.6 is 0 Å². The molecule has 1 spiro atoms. The first kappa shape index (κ1) is 17.6. The number of ether oxygens (including phenoxy) is 2. The van der Waals surface area contributed by atoms with Crippen molar-refractivity contribution in [2.24, 2.45) is 5.41 Å². The lowest BCUT2D eigenvalue weighted by molar-refractivity contribution is -0.213. The Morgan fingerprint density at radius 1 is 1.40 bits per heavy atom. The predicted octanol–water partition coefficient (Wildman–Crippen LogP) is 2.15. The van der Waals surface area contributed by atoms with Crippen LogP contribution in [0.2, 0.25) is 0 Å². The highest BCUT2D eigenvalue weighted by atomic mass is 16.7. The Balaban J connectivity index is 1.63. The van der Waals surface area contributed by atoms with Crippen LogP contribution in [0.1, 0.15) is 30.3 Å². The smallest absolute Gasteiger partial charge is 0.280 e. The Labute approximate surface area is 147 Å². The molecule has 0 aromatic carbocycles. The Morgan fingerprint density at radius 3 is 2.64 bits per heavy atom. The van der Waals surface area contributed by atoms with E-state index >= 15 is 0 Å². The highest BCUT2D eigenvalue weighted by Crippen LogP contribution is 2.48. The molecule has 2 aliphatic rings. The Morgan fingerprint density at radius 2 is 2.08 bits per heavy atom. The number of hydrogen-bond donors (Lipinski definition) is 0. The number of amides is 1. The van der Waals surface area contributed by atoms with Gasteiger partial charge in [-0.2, -0.15) is 0 Å². The molecule has 0 unspecified atom stereocenters. The van der Waals surface area contributed by atoms with Gasteiger partial charge in [0.2, 0.25) is 0 Å². The van der Waals surface area contributed by atoms with Crippen LogP contribution in [0.5, 0.6) is 0 Å². The first-order valence-electron chi connectivity index (χ1n) is 8.35. The molecule has 0 radical (unpaired) electrons. The van der Waals surface area contributed by atoms with Crippen LogP contribution in [0, 0.1) is 5.41 Å². The second-order valence-corrected chi connectivity index (χ2v) is 6.72. The number of carbonyl (C=O) groups excluding carboxylic acids is 1. The molecule has 0 N–H and O–H groups in total. The molecule has 3 rings (SSSR count). The van der Waals surface area contributed by atoms with Crippen molar-refractivity contribution in [1.29, 1.82) is 0 Å². The van der Waals surface area contributed by atoms with Crippen LogP contribution < -0.4 is 0 Å². The van der Waals surface area contributed by atoms with E-state index in [2.05, 4.69) is 23.5 Å². The van der Waals surface area contributed by atoms with E-state index in [1.165, 1.54) is 17.7 Å². The Hall–Kier alpha value is -2.25. The second-order valence-electron chi connectivity index (χ2n) is 6.72. The number of allylic oxidation sites excluding steroid dienone is 3. The molecule has 7 nitrogen and oxygen atoms in total. The molecular weight excluding hydrogens is 320 g/mol. The maximum absolute atomic E-state index is 12.6. The lowest BCUT2D eigenvalue weighted by Crippen LogP contribution is -2.36. The van der Waals surface area contributed by atoms with E-state index in [1.807, 2.05) is 6.92 Å². The molecule has 25 heavy (non-hydrogen) atoms. The summed E-state index contributed by atoms with van der Waals surface area (Å²) in [5.41, 5.74) is 2.06. The van der Waals surface area contributed by atoms with Crippen molar-refractivity contribution in [3.8, 4) is 0 Å². The first-order valence-corrected chi connectivity index (χ1v) is 8.35. The second kappa shape index (κ2) is 6.93. The van der Waals surface area contributed by atoms with Crippen molar-refractivity contribution in [3.05, 3.63) is 48.5 Å². The normalized spacial score (nSPS) is 20.1. The number of rotatable bonds is 6. The van der Waals surface area contributed by atoms with Gasteiger partial charge in [-0.05, 0) is 31.4 Å². The van der Waals surface area contributed by atoms with E-state index in [4.69, 9.17) is 9.47 Å². The lowest BCUT2D eigenvalue weighted by atomic mass is 10.1. The summed E-state index contributed by atoms with van der Waals surface area (Å²) in [6, 6.07) is 0. The zero-order valence-corrected chi connectivity index (χ0v) is 14.8.